The molecule has 0 fully saturated rings. The van der Waals surface area contributed by atoms with Gasteiger partial charge in [-0.15, -0.1) is 0 Å². The van der Waals surface area contributed by atoms with E-state index in [0.717, 1.165) is 5.56 Å². The zero-order valence-electron chi connectivity index (χ0n) is 11.9. The first-order valence-corrected chi connectivity index (χ1v) is 6.69. The van der Waals surface area contributed by atoms with Crippen LogP contribution in [0.3, 0.4) is 0 Å². The SMILES string of the molecule is Cc1cc(CNc2nc3c(N)cccc3o2)cc(C)c1F. The largest absolute Gasteiger partial charge is 0.423 e. The Morgan fingerprint density at radius 2 is 1.95 bits per heavy atom. The van der Waals surface area contributed by atoms with Crippen molar-refractivity contribution < 1.29 is 8.81 Å². The third-order valence-electron chi connectivity index (χ3n) is 3.39. The standard InChI is InChI=1S/C16H16FN3O/c1-9-6-11(7-10(2)14(9)17)8-19-16-20-15-12(18)4-3-5-13(15)21-16/h3-7H,8,18H2,1-2H3,(H,19,20). The maximum atomic E-state index is 13.6. The topological polar surface area (TPSA) is 64.1 Å². The van der Waals surface area contributed by atoms with E-state index in [1.807, 2.05) is 24.3 Å². The molecule has 3 aromatic rings. The summed E-state index contributed by atoms with van der Waals surface area (Å²) in [6.45, 7) is 4.02. The van der Waals surface area contributed by atoms with Gasteiger partial charge in [0.1, 0.15) is 11.3 Å². The number of oxazole rings is 1. The number of aryl methyl sites for hydroxylation is 2. The zero-order valence-corrected chi connectivity index (χ0v) is 11.9. The second-order valence-corrected chi connectivity index (χ2v) is 5.11. The van der Waals surface area contributed by atoms with Crippen molar-refractivity contribution in [3.8, 4) is 0 Å². The normalized spacial score (nSPS) is 11.0. The minimum absolute atomic E-state index is 0.159. The average Bonchev–Trinajstić information content (AvgIpc) is 2.87. The number of benzene rings is 2. The Hall–Kier alpha value is -2.56. The van der Waals surface area contributed by atoms with E-state index < -0.39 is 0 Å². The van der Waals surface area contributed by atoms with Crippen molar-refractivity contribution >= 4 is 22.8 Å². The first-order chi connectivity index (χ1) is 10.0. The molecule has 5 heteroatoms. The molecule has 108 valence electrons. The lowest BCUT2D eigenvalue weighted by molar-refractivity contribution is 0.606. The molecule has 0 aliphatic rings. The summed E-state index contributed by atoms with van der Waals surface area (Å²) in [6.07, 6.45) is 0. The van der Waals surface area contributed by atoms with Gasteiger partial charge < -0.3 is 15.5 Å². The smallest absolute Gasteiger partial charge is 0.296 e. The van der Waals surface area contributed by atoms with Gasteiger partial charge in [-0.05, 0) is 42.7 Å². The van der Waals surface area contributed by atoms with Crippen LogP contribution in [0.4, 0.5) is 16.1 Å². The lowest BCUT2D eigenvalue weighted by Crippen LogP contribution is -2.01. The van der Waals surface area contributed by atoms with Crippen LogP contribution in [0.2, 0.25) is 0 Å². The molecule has 0 saturated carbocycles. The number of anilines is 2. The van der Waals surface area contributed by atoms with Gasteiger partial charge in [-0.1, -0.05) is 18.2 Å². The van der Waals surface area contributed by atoms with Gasteiger partial charge in [0.25, 0.3) is 6.01 Å². The molecule has 1 heterocycles. The number of hydrogen-bond acceptors (Lipinski definition) is 4. The molecule has 0 atom stereocenters. The molecular weight excluding hydrogens is 269 g/mol. The van der Waals surface area contributed by atoms with Gasteiger partial charge in [0.05, 0.1) is 5.69 Å². The number of para-hydroxylation sites is 1. The molecule has 0 bridgehead atoms. The minimum atomic E-state index is -0.159. The molecular formula is C16H16FN3O. The van der Waals surface area contributed by atoms with Crippen LogP contribution >= 0.6 is 0 Å². The maximum absolute atomic E-state index is 13.6. The summed E-state index contributed by atoms with van der Waals surface area (Å²) in [5, 5.41) is 3.10. The Morgan fingerprint density at radius 3 is 2.62 bits per heavy atom. The lowest BCUT2D eigenvalue weighted by Gasteiger charge is -2.07. The number of fused-ring (bicyclic) bond motifs is 1. The van der Waals surface area contributed by atoms with Crippen LogP contribution in [-0.2, 0) is 6.54 Å². The van der Waals surface area contributed by atoms with Crippen LogP contribution < -0.4 is 11.1 Å². The molecule has 1 aromatic heterocycles. The highest BCUT2D eigenvalue weighted by Gasteiger charge is 2.09. The van der Waals surface area contributed by atoms with E-state index in [-0.39, 0.29) is 5.82 Å². The fourth-order valence-corrected chi connectivity index (χ4v) is 2.36. The number of hydrogen-bond donors (Lipinski definition) is 2. The third-order valence-corrected chi connectivity index (χ3v) is 3.39. The first kappa shape index (κ1) is 13.4. The van der Waals surface area contributed by atoms with Crippen molar-refractivity contribution in [1.29, 1.82) is 0 Å². The van der Waals surface area contributed by atoms with Crippen molar-refractivity contribution in [3.05, 3.63) is 52.8 Å². The molecule has 4 nitrogen and oxygen atoms in total. The van der Waals surface area contributed by atoms with E-state index in [1.54, 1.807) is 19.9 Å². The highest BCUT2D eigenvalue weighted by molar-refractivity contribution is 5.86. The van der Waals surface area contributed by atoms with Crippen LogP contribution in [-0.4, -0.2) is 4.98 Å². The highest BCUT2D eigenvalue weighted by atomic mass is 19.1. The Kier molecular flexibility index (Phi) is 3.25. The van der Waals surface area contributed by atoms with Crippen LogP contribution in [0.25, 0.3) is 11.1 Å². The number of halogens is 1. The Bertz CT molecular complexity index is 787. The van der Waals surface area contributed by atoms with Crippen LogP contribution in [0, 0.1) is 19.7 Å². The van der Waals surface area contributed by atoms with E-state index >= 15 is 0 Å². The molecule has 0 radical (unpaired) electrons. The Labute approximate surface area is 121 Å². The summed E-state index contributed by atoms with van der Waals surface area (Å²) in [6, 6.07) is 9.44. The molecule has 2 aromatic carbocycles. The number of nitrogen functional groups attached to an aromatic ring is 1. The lowest BCUT2D eigenvalue weighted by atomic mass is 10.1. The monoisotopic (exact) mass is 285 g/mol. The van der Waals surface area contributed by atoms with Gasteiger partial charge in [-0.3, -0.25) is 0 Å². The Morgan fingerprint density at radius 1 is 1.24 bits per heavy atom. The molecule has 0 saturated heterocycles. The van der Waals surface area contributed by atoms with Crippen molar-refractivity contribution in [2.45, 2.75) is 20.4 Å². The van der Waals surface area contributed by atoms with Crippen molar-refractivity contribution in [1.82, 2.24) is 4.98 Å². The summed E-state index contributed by atoms with van der Waals surface area (Å²) in [5.74, 6) is -0.159. The van der Waals surface area contributed by atoms with Gasteiger partial charge in [0, 0.05) is 6.54 Å². The van der Waals surface area contributed by atoms with Crippen molar-refractivity contribution in [2.75, 3.05) is 11.1 Å². The van der Waals surface area contributed by atoms with Crippen LogP contribution in [0.5, 0.6) is 0 Å². The van der Waals surface area contributed by atoms with E-state index in [4.69, 9.17) is 10.2 Å². The van der Waals surface area contributed by atoms with Crippen LogP contribution in [0.1, 0.15) is 16.7 Å². The molecule has 21 heavy (non-hydrogen) atoms. The van der Waals surface area contributed by atoms with Gasteiger partial charge in [0.2, 0.25) is 0 Å². The van der Waals surface area contributed by atoms with Gasteiger partial charge in [-0.2, -0.15) is 4.98 Å². The molecule has 3 N–H and O–H groups in total. The second kappa shape index (κ2) is 5.09. The Balaban J connectivity index is 1.82. The number of nitrogens with one attached hydrogen (secondary N) is 1. The molecule has 0 aliphatic heterocycles. The fraction of sp³-hybridized carbons (Fsp3) is 0.188. The number of rotatable bonds is 3. The molecule has 0 spiro atoms. The fourth-order valence-electron chi connectivity index (χ4n) is 2.36. The van der Waals surface area contributed by atoms with Crippen molar-refractivity contribution in [3.63, 3.8) is 0 Å². The maximum Gasteiger partial charge on any atom is 0.296 e. The predicted molar refractivity (Wildman–Crippen MR) is 81.6 cm³/mol. The van der Waals surface area contributed by atoms with E-state index in [0.29, 0.717) is 40.5 Å². The molecule has 0 aliphatic carbocycles. The molecule has 0 amide bonds. The molecule has 3 rings (SSSR count). The second-order valence-electron chi connectivity index (χ2n) is 5.11. The van der Waals surface area contributed by atoms with Crippen LogP contribution in [0.15, 0.2) is 34.7 Å². The van der Waals surface area contributed by atoms with E-state index in [1.165, 1.54) is 0 Å². The quantitative estimate of drug-likeness (QED) is 0.719. The zero-order chi connectivity index (χ0) is 15.0. The summed E-state index contributed by atoms with van der Waals surface area (Å²) >= 11 is 0. The van der Waals surface area contributed by atoms with Crippen molar-refractivity contribution in [2.24, 2.45) is 0 Å². The van der Waals surface area contributed by atoms with Gasteiger partial charge >= 0.3 is 0 Å². The number of nitrogens with zero attached hydrogens (tertiary/aromatic N) is 1. The highest BCUT2D eigenvalue weighted by Crippen LogP contribution is 2.24. The summed E-state index contributed by atoms with van der Waals surface area (Å²) < 4.78 is 19.2. The summed E-state index contributed by atoms with van der Waals surface area (Å²) in [5.41, 5.74) is 9.95. The first-order valence-electron chi connectivity index (χ1n) is 6.69. The minimum Gasteiger partial charge on any atom is -0.423 e. The average molecular weight is 285 g/mol. The summed E-state index contributed by atoms with van der Waals surface area (Å²) in [7, 11) is 0. The van der Waals surface area contributed by atoms with Gasteiger partial charge in [0.15, 0.2) is 5.58 Å². The van der Waals surface area contributed by atoms with Gasteiger partial charge in [-0.25, -0.2) is 4.39 Å². The third kappa shape index (κ3) is 2.54. The van der Waals surface area contributed by atoms with E-state index in [2.05, 4.69) is 10.3 Å². The number of nitrogens with two attached hydrogens (primary N) is 1. The predicted octanol–water partition coefficient (Wildman–Crippen LogP) is 3.78. The number of aromatic nitrogens is 1. The summed E-state index contributed by atoms with van der Waals surface area (Å²) in [4.78, 5) is 4.31. The molecule has 0 unspecified atom stereocenters. The van der Waals surface area contributed by atoms with E-state index in [9.17, 15) is 4.39 Å².